The Balaban J connectivity index is 0.000000232. The molecule has 12 nitrogen and oxygen atoms in total. The van der Waals surface area contributed by atoms with Crippen molar-refractivity contribution in [1.29, 1.82) is 0 Å². The van der Waals surface area contributed by atoms with Crippen molar-refractivity contribution in [2.45, 2.75) is 6.92 Å². The van der Waals surface area contributed by atoms with E-state index in [0.717, 1.165) is 69.5 Å². The van der Waals surface area contributed by atoms with Gasteiger partial charge < -0.3 is 41.7 Å². The first-order valence-electron chi connectivity index (χ1n) is 20.1. The number of nitrogens with one attached hydrogen (secondary N) is 2. The minimum Gasteiger partial charge on any atom is -0.382 e. The number of nitrogens with two attached hydrogens (primary N) is 2. The summed E-state index contributed by atoms with van der Waals surface area (Å²) in [6.45, 7) is 10.5. The Kier molecular flexibility index (Phi) is 22.5. The van der Waals surface area contributed by atoms with Gasteiger partial charge in [-0.1, -0.05) is 92.4 Å². The van der Waals surface area contributed by atoms with Crippen molar-refractivity contribution in [3.8, 4) is 0 Å². The normalized spacial score (nSPS) is 14.2. The van der Waals surface area contributed by atoms with Gasteiger partial charge in [0.1, 0.15) is 10.7 Å². The second kappa shape index (κ2) is 26.9. The van der Waals surface area contributed by atoms with E-state index in [-0.39, 0.29) is 27.3 Å². The molecule has 1 unspecified atom stereocenters. The highest BCUT2D eigenvalue weighted by atomic mass is 79.9. The number of likely N-dealkylation sites (N-methyl/N-ethyl adjacent to an activating group) is 2. The molecule has 2 fully saturated rings. The largest absolute Gasteiger partial charge is 0.382 e. The first kappa shape index (κ1) is 54.4. The summed E-state index contributed by atoms with van der Waals surface area (Å²) in [4.78, 5) is 42.2. The molecule has 1 atom stereocenters. The van der Waals surface area contributed by atoms with Gasteiger partial charge in [-0.2, -0.15) is 14.9 Å². The molecule has 0 spiro atoms. The Bertz CT molecular complexity index is 2400. The molecule has 348 valence electrons. The van der Waals surface area contributed by atoms with Crippen LogP contribution >= 0.6 is 108 Å². The Labute approximate surface area is 426 Å². The Morgan fingerprint density at radius 2 is 1.25 bits per heavy atom. The second-order valence-corrected chi connectivity index (χ2v) is 19.3. The SMILES string of the molecule is CCSC(N)=NC(=S)Nc1ccc(N2CCN(C)CC2)cc1.CN1CCN(c2ccc(Nc3nc(N)c(C(=O)c4ccc(Cl)c(Cl)c4)s3)cc2)CC1.O=C(CBr)c1ccc(Cl)c(Cl)c1.P. The van der Waals surface area contributed by atoms with Crippen molar-refractivity contribution in [1.82, 2.24) is 14.8 Å². The molecule has 6 N–H and O–H groups in total. The van der Waals surface area contributed by atoms with E-state index in [9.17, 15) is 9.59 Å². The molecule has 5 aromatic rings. The summed E-state index contributed by atoms with van der Waals surface area (Å²) in [5.41, 5.74) is 17.0. The summed E-state index contributed by atoms with van der Waals surface area (Å²) in [6, 6.07) is 26.1. The van der Waals surface area contributed by atoms with E-state index < -0.39 is 0 Å². The highest BCUT2D eigenvalue weighted by molar-refractivity contribution is 9.09. The lowest BCUT2D eigenvalue weighted by molar-refractivity contribution is 0.102. The van der Waals surface area contributed by atoms with Gasteiger partial charge in [0.25, 0.3) is 0 Å². The number of nitrogens with zero attached hydrogens (tertiary/aromatic N) is 6. The molecule has 21 heteroatoms. The van der Waals surface area contributed by atoms with Gasteiger partial charge in [-0.05, 0) is 117 Å². The number of halogens is 5. The number of ketones is 2. The van der Waals surface area contributed by atoms with Crippen LogP contribution in [0.25, 0.3) is 0 Å². The van der Waals surface area contributed by atoms with E-state index >= 15 is 0 Å². The average Bonchev–Trinajstić information content (AvgIpc) is 3.65. The fourth-order valence-electron chi connectivity index (χ4n) is 6.26. The van der Waals surface area contributed by atoms with E-state index in [1.807, 2.05) is 31.2 Å². The smallest absolute Gasteiger partial charge is 0.206 e. The van der Waals surface area contributed by atoms with Gasteiger partial charge in [-0.3, -0.25) is 9.59 Å². The molecule has 4 aromatic carbocycles. The Morgan fingerprint density at radius 1 is 0.769 bits per heavy atom. The van der Waals surface area contributed by atoms with Gasteiger partial charge in [0, 0.05) is 86.2 Å². The van der Waals surface area contributed by atoms with Crippen LogP contribution in [0.5, 0.6) is 0 Å². The number of thiocarbonyl (C=S) groups is 1. The molecule has 65 heavy (non-hydrogen) atoms. The van der Waals surface area contributed by atoms with Crippen molar-refractivity contribution < 1.29 is 9.59 Å². The van der Waals surface area contributed by atoms with E-state index in [0.29, 0.717) is 56.8 Å². The summed E-state index contributed by atoms with van der Waals surface area (Å²) >= 11 is 34.3. The average molecular weight is 1100 g/mol. The molecule has 7 rings (SSSR count). The molecule has 2 aliphatic rings. The quantitative estimate of drug-likeness (QED) is 0.0263. The molecule has 0 bridgehead atoms. The van der Waals surface area contributed by atoms with Crippen molar-refractivity contribution in [3.05, 3.63) is 121 Å². The van der Waals surface area contributed by atoms with Gasteiger partial charge in [0.05, 0.1) is 25.4 Å². The standard InChI is InChI=1S/C21H21Cl2N5OS.C15H23N5S2.C8H5BrCl2O.H3P/c1-27-8-10-28(11-9-27)15-5-3-14(4-6-15)25-21-26-20(24)19(30-21)18(29)13-2-7-16(22)17(23)12-13;1-3-22-14(16)18-15(21)17-12-4-6-13(7-5-12)20-10-8-19(2)9-11-20;9-4-8(12)5-1-2-6(10)7(11)3-5;/h2-7,12H,8-11,24H2,1H3,(H,25,26);4-7H,3,8-11H2,1-2H3,(H3,16,17,18,21);1-3H,4H2;1H3. The van der Waals surface area contributed by atoms with E-state index in [4.69, 9.17) is 70.1 Å². The fourth-order valence-corrected chi connectivity index (χ4v) is 8.77. The fraction of sp³-hybridized carbons (Fsp3) is 0.295. The van der Waals surface area contributed by atoms with Crippen LogP contribution in [0.3, 0.4) is 0 Å². The van der Waals surface area contributed by atoms with E-state index in [2.05, 4.69) is 94.5 Å². The van der Waals surface area contributed by atoms with Crippen LogP contribution < -0.4 is 31.9 Å². The summed E-state index contributed by atoms with van der Waals surface area (Å²) in [6.07, 6.45) is 0. The van der Waals surface area contributed by atoms with E-state index in [1.165, 1.54) is 40.5 Å². The summed E-state index contributed by atoms with van der Waals surface area (Å²) in [5, 5.41) is 9.65. The summed E-state index contributed by atoms with van der Waals surface area (Å²) in [5.74, 6) is 0.834. The maximum Gasteiger partial charge on any atom is 0.206 e. The summed E-state index contributed by atoms with van der Waals surface area (Å²) < 4.78 is 0. The van der Waals surface area contributed by atoms with Crippen LogP contribution in [0.4, 0.5) is 33.7 Å². The predicted molar refractivity (Wildman–Crippen MR) is 294 cm³/mol. The van der Waals surface area contributed by atoms with Crippen LogP contribution in [0.1, 0.15) is 32.5 Å². The number of hydrogen-bond donors (Lipinski definition) is 4. The number of benzene rings is 4. The Morgan fingerprint density at radius 3 is 1.72 bits per heavy atom. The number of amidine groups is 1. The van der Waals surface area contributed by atoms with Crippen molar-refractivity contribution in [2.24, 2.45) is 10.7 Å². The van der Waals surface area contributed by atoms with Crippen molar-refractivity contribution in [2.75, 3.05) is 104 Å². The summed E-state index contributed by atoms with van der Waals surface area (Å²) in [7, 11) is 4.30. The van der Waals surface area contributed by atoms with Crippen LogP contribution in [-0.2, 0) is 0 Å². The molecule has 0 amide bonds. The van der Waals surface area contributed by atoms with Crippen LogP contribution in [0, 0.1) is 0 Å². The number of anilines is 6. The van der Waals surface area contributed by atoms with Crippen molar-refractivity contribution >= 4 is 163 Å². The highest BCUT2D eigenvalue weighted by Crippen LogP contribution is 2.32. The van der Waals surface area contributed by atoms with Crippen LogP contribution in [0.2, 0.25) is 20.1 Å². The molecule has 2 saturated heterocycles. The zero-order chi connectivity index (χ0) is 46.3. The van der Waals surface area contributed by atoms with Gasteiger partial charge in [0.2, 0.25) is 5.78 Å². The first-order valence-corrected chi connectivity index (χ1v) is 24.9. The number of thioether (sulfide) groups is 1. The number of Topliss-reactive ketones (excluding diaryl/α,β-unsaturated/α-hetero) is 1. The molecular formula is C44H52BrCl4N10O2PS3. The third-order valence-corrected chi connectivity index (χ3v) is 13.7. The lowest BCUT2D eigenvalue weighted by Gasteiger charge is -2.34. The van der Waals surface area contributed by atoms with Crippen LogP contribution in [-0.4, -0.2) is 114 Å². The molecule has 2 aliphatic heterocycles. The number of nitrogen functional groups attached to an aromatic ring is 1. The minimum absolute atomic E-state index is 0. The van der Waals surface area contributed by atoms with Gasteiger partial charge in [0.15, 0.2) is 21.2 Å². The van der Waals surface area contributed by atoms with Crippen molar-refractivity contribution in [3.63, 3.8) is 0 Å². The number of hydrogen-bond acceptors (Lipinski definition) is 12. The molecular weight excluding hydrogens is 1050 g/mol. The number of carbonyl (C=O) groups is 2. The molecule has 0 radical (unpaired) electrons. The van der Waals surface area contributed by atoms with Crippen LogP contribution in [0.15, 0.2) is 89.9 Å². The number of piperazine rings is 2. The number of carbonyl (C=O) groups excluding carboxylic acids is 2. The third-order valence-electron chi connectivity index (χ3n) is 9.88. The lowest BCUT2D eigenvalue weighted by Crippen LogP contribution is -2.44. The number of aromatic nitrogens is 1. The van der Waals surface area contributed by atoms with E-state index in [1.54, 1.807) is 30.3 Å². The van der Waals surface area contributed by atoms with Gasteiger partial charge >= 0.3 is 0 Å². The minimum atomic E-state index is -0.234. The van der Waals surface area contributed by atoms with Gasteiger partial charge in [-0.15, -0.1) is 0 Å². The third kappa shape index (κ3) is 16.8. The number of aliphatic imine (C=N–C) groups is 1. The topological polar surface area (TPSA) is 148 Å². The lowest BCUT2D eigenvalue weighted by atomic mass is 10.1. The zero-order valence-electron chi connectivity index (χ0n) is 36.1. The maximum absolute atomic E-state index is 12.8. The highest BCUT2D eigenvalue weighted by Gasteiger charge is 2.20. The molecule has 3 heterocycles. The Hall–Kier alpha value is -3.25. The second-order valence-electron chi connectivity index (χ2n) is 14.5. The number of alkyl halides is 1. The number of thiazole rings is 1. The number of rotatable bonds is 10. The zero-order valence-corrected chi connectivity index (χ0v) is 44.6. The predicted octanol–water partition coefficient (Wildman–Crippen LogP) is 10.6. The first-order chi connectivity index (χ1) is 30.6. The maximum atomic E-state index is 12.8. The molecule has 0 aliphatic carbocycles. The monoisotopic (exact) mass is 1100 g/mol. The molecule has 1 aromatic heterocycles. The molecule has 0 saturated carbocycles. The van der Waals surface area contributed by atoms with Gasteiger partial charge in [-0.25, -0.2) is 4.98 Å².